The summed E-state index contributed by atoms with van der Waals surface area (Å²) in [6, 6.07) is 5.75. The van der Waals surface area contributed by atoms with Gasteiger partial charge in [0, 0.05) is 18.0 Å². The van der Waals surface area contributed by atoms with E-state index in [9.17, 15) is 0 Å². The molecule has 1 aliphatic heterocycles. The summed E-state index contributed by atoms with van der Waals surface area (Å²) in [6.45, 7) is 2.56. The lowest BCUT2D eigenvalue weighted by Gasteiger charge is -2.14. The van der Waals surface area contributed by atoms with Crippen molar-refractivity contribution in [2.75, 3.05) is 19.0 Å². The fraction of sp³-hybridized carbons (Fsp3) is 0.167. The van der Waals surface area contributed by atoms with Gasteiger partial charge in [0.15, 0.2) is 0 Å². The summed E-state index contributed by atoms with van der Waals surface area (Å²) >= 11 is 0. The lowest BCUT2D eigenvalue weighted by atomic mass is 10.1. The molecule has 0 aliphatic carbocycles. The average molecular weight is 353 g/mol. The van der Waals surface area contributed by atoms with Crippen molar-refractivity contribution in [2.24, 2.45) is 0 Å². The number of nitrogens with one attached hydrogen (secondary N) is 3. The zero-order chi connectivity index (χ0) is 18.4. The van der Waals surface area contributed by atoms with Crippen LogP contribution in [-0.2, 0) is 4.74 Å². The van der Waals surface area contributed by atoms with Gasteiger partial charge in [-0.2, -0.15) is 5.43 Å². The van der Waals surface area contributed by atoms with Crippen molar-refractivity contribution in [3.05, 3.63) is 60.0 Å². The number of hydrogen-bond donors (Lipinski definition) is 5. The van der Waals surface area contributed by atoms with Gasteiger partial charge >= 0.3 is 0 Å². The topological polar surface area (TPSA) is 116 Å². The number of anilines is 1. The van der Waals surface area contributed by atoms with Gasteiger partial charge in [0.05, 0.1) is 42.5 Å². The van der Waals surface area contributed by atoms with Crippen molar-refractivity contribution in [2.45, 2.75) is 6.92 Å². The molecule has 0 saturated carbocycles. The van der Waals surface area contributed by atoms with E-state index in [-0.39, 0.29) is 0 Å². The Bertz CT molecular complexity index is 902. The highest BCUT2D eigenvalue weighted by Gasteiger charge is 2.11. The summed E-state index contributed by atoms with van der Waals surface area (Å²) in [4.78, 5) is 9.09. The first-order valence-corrected chi connectivity index (χ1v) is 8.41. The van der Waals surface area contributed by atoms with Gasteiger partial charge in [-0.15, -0.1) is 0 Å². The molecule has 134 valence electrons. The van der Waals surface area contributed by atoms with E-state index in [4.69, 9.17) is 10.1 Å². The van der Waals surface area contributed by atoms with E-state index in [1.807, 2.05) is 55.2 Å². The summed E-state index contributed by atoms with van der Waals surface area (Å²) < 4.78 is 5.50. The number of rotatable bonds is 7. The zero-order valence-corrected chi connectivity index (χ0v) is 14.8. The molecule has 0 spiro atoms. The second kappa shape index (κ2) is 8.24. The molecule has 0 saturated heterocycles. The lowest BCUT2D eigenvalue weighted by Crippen LogP contribution is -2.92. The molecule has 3 heterocycles. The highest BCUT2D eigenvalue weighted by molar-refractivity contribution is 6.08. The fourth-order valence-corrected chi connectivity index (χ4v) is 2.56. The number of pyridine rings is 2. The van der Waals surface area contributed by atoms with Crippen LogP contribution in [0.15, 0.2) is 54.5 Å². The molecule has 0 aromatic carbocycles. The molecule has 0 fully saturated rings. The van der Waals surface area contributed by atoms with Crippen molar-refractivity contribution < 1.29 is 15.5 Å². The first-order valence-electron chi connectivity index (χ1n) is 8.41. The van der Waals surface area contributed by atoms with Crippen LogP contribution in [0.1, 0.15) is 12.5 Å². The Balaban J connectivity index is 1.87. The molecular weight excluding hydrogens is 330 g/mol. The smallest absolute Gasteiger partial charge is 0.232 e. The Hall–Kier alpha value is -3.23. The third-order valence-electron chi connectivity index (χ3n) is 3.72. The molecule has 0 amide bonds. The fourth-order valence-electron chi connectivity index (χ4n) is 2.56. The molecule has 8 heteroatoms. The molecule has 0 unspecified atom stereocenters. The second-order valence-corrected chi connectivity index (χ2v) is 5.57. The monoisotopic (exact) mass is 353 g/mol. The van der Waals surface area contributed by atoms with Crippen LogP contribution in [0.3, 0.4) is 0 Å². The van der Waals surface area contributed by atoms with Crippen LogP contribution in [0, 0.1) is 5.41 Å². The van der Waals surface area contributed by atoms with Crippen molar-refractivity contribution >= 4 is 28.6 Å². The number of quaternary nitrogens is 2. The Morgan fingerprint density at radius 1 is 1.42 bits per heavy atom. The van der Waals surface area contributed by atoms with Crippen LogP contribution in [-0.4, -0.2) is 29.8 Å². The maximum atomic E-state index is 7.56. The van der Waals surface area contributed by atoms with Gasteiger partial charge in [0.2, 0.25) is 5.82 Å². The van der Waals surface area contributed by atoms with Crippen LogP contribution < -0.4 is 21.5 Å². The van der Waals surface area contributed by atoms with Crippen LogP contribution >= 0.6 is 0 Å². The number of nitrogens with zero attached hydrogens (tertiary/aromatic N) is 2. The maximum Gasteiger partial charge on any atom is 0.232 e. The molecule has 0 atom stereocenters. The molecule has 0 radical (unpaired) electrons. The van der Waals surface area contributed by atoms with E-state index >= 15 is 0 Å². The van der Waals surface area contributed by atoms with Crippen LogP contribution in [0.25, 0.3) is 16.6 Å². The van der Waals surface area contributed by atoms with Crippen molar-refractivity contribution in [1.82, 2.24) is 15.4 Å². The van der Waals surface area contributed by atoms with Crippen molar-refractivity contribution in [3.8, 4) is 0 Å². The first-order chi connectivity index (χ1) is 12.7. The molecule has 26 heavy (non-hydrogen) atoms. The number of ether oxygens (including phenoxy) is 1. The molecule has 1 aliphatic rings. The highest BCUT2D eigenvalue weighted by Crippen LogP contribution is 2.18. The number of aromatic nitrogens is 2. The number of fused-ring (bicyclic) bond motifs is 1. The second-order valence-electron chi connectivity index (χ2n) is 5.57. The summed E-state index contributed by atoms with van der Waals surface area (Å²) in [6.07, 6.45) is 8.67. The van der Waals surface area contributed by atoms with Gasteiger partial charge in [0.1, 0.15) is 17.8 Å². The van der Waals surface area contributed by atoms with E-state index in [2.05, 4.69) is 20.7 Å². The molecule has 7 N–H and O–H groups in total. The predicted molar refractivity (Wildman–Crippen MR) is 101 cm³/mol. The minimum absolute atomic E-state index is 0.609. The third-order valence-corrected chi connectivity index (χ3v) is 3.72. The Labute approximate surface area is 151 Å². The summed E-state index contributed by atoms with van der Waals surface area (Å²) in [7, 11) is 1.92. The van der Waals surface area contributed by atoms with Gasteiger partial charge in [-0.3, -0.25) is 10.3 Å². The van der Waals surface area contributed by atoms with Crippen LogP contribution in [0.2, 0.25) is 0 Å². The average Bonchev–Trinajstić information content (AvgIpc) is 2.66. The first kappa shape index (κ1) is 17.6. The summed E-state index contributed by atoms with van der Waals surface area (Å²) in [5.41, 5.74) is 8.12. The highest BCUT2D eigenvalue weighted by atomic mass is 16.5. The van der Waals surface area contributed by atoms with E-state index in [1.165, 1.54) is 6.21 Å². The van der Waals surface area contributed by atoms with Gasteiger partial charge in [-0.05, 0) is 25.1 Å². The molecule has 2 aromatic heterocycles. The van der Waals surface area contributed by atoms with E-state index < -0.39 is 0 Å². The standard InChI is InChI=1S/C18H21N7O/c1-3-26-14-7-18(25-22-11-14)24-17-5-4-15-16(23-17)6-12(10-21-15)13(8-19)9-20-2/h4-11,19-20,22,25H,3H2,1-2H3,(H,23,24)/p+2. The van der Waals surface area contributed by atoms with Crippen LogP contribution in [0.5, 0.6) is 0 Å². The minimum Gasteiger partial charge on any atom is -0.492 e. The number of nitrogens with two attached hydrogens (primary N) is 2. The van der Waals surface area contributed by atoms with E-state index in [0.29, 0.717) is 12.4 Å². The van der Waals surface area contributed by atoms with Crippen molar-refractivity contribution in [1.29, 1.82) is 5.41 Å². The quantitative estimate of drug-likeness (QED) is 0.356. The van der Waals surface area contributed by atoms with Crippen molar-refractivity contribution in [3.63, 3.8) is 0 Å². The molecule has 3 rings (SSSR count). The minimum atomic E-state index is 0.609. The van der Waals surface area contributed by atoms with E-state index in [1.54, 1.807) is 12.4 Å². The zero-order valence-electron chi connectivity index (χ0n) is 14.8. The van der Waals surface area contributed by atoms with Gasteiger partial charge in [-0.1, -0.05) is 0 Å². The van der Waals surface area contributed by atoms with Gasteiger partial charge < -0.3 is 15.5 Å². The largest absolute Gasteiger partial charge is 0.492 e. The molecule has 0 bridgehead atoms. The Morgan fingerprint density at radius 2 is 2.31 bits per heavy atom. The molecular formula is C18H23N7O+2. The summed E-state index contributed by atoms with van der Waals surface area (Å²) in [5, 5.41) is 12.7. The maximum absolute atomic E-state index is 7.56. The van der Waals surface area contributed by atoms with Gasteiger partial charge in [-0.25, -0.2) is 10.4 Å². The van der Waals surface area contributed by atoms with E-state index in [0.717, 1.165) is 33.8 Å². The molecule has 2 aromatic rings. The SMILES string of the molecule is CCOC1=CN[NH2+]C(Nc2ccc3ncc(C(C=N)=C[NH2+]C)cc3n2)=C1. The molecule has 8 nitrogen and oxygen atoms in total. The number of hydrogen-bond acceptors (Lipinski definition) is 6. The number of allylic oxidation sites excluding steroid dienone is 2. The predicted octanol–water partition coefficient (Wildman–Crippen LogP) is 0.0263. The Kier molecular flexibility index (Phi) is 5.57. The van der Waals surface area contributed by atoms with Gasteiger partial charge in [0.25, 0.3) is 0 Å². The van der Waals surface area contributed by atoms with Crippen LogP contribution in [0.4, 0.5) is 5.82 Å². The third kappa shape index (κ3) is 4.05. The summed E-state index contributed by atoms with van der Waals surface area (Å²) in [5.74, 6) is 2.33. The Morgan fingerprint density at radius 3 is 3.08 bits per heavy atom. The normalized spacial score (nSPS) is 14.3. The lowest BCUT2D eigenvalue weighted by molar-refractivity contribution is -0.656.